The van der Waals surface area contributed by atoms with Crippen molar-refractivity contribution >= 4 is 5.91 Å². The summed E-state index contributed by atoms with van der Waals surface area (Å²) in [6, 6.07) is 2.30. The van der Waals surface area contributed by atoms with Crippen molar-refractivity contribution in [1.82, 2.24) is 24.6 Å². The second-order valence-corrected chi connectivity index (χ2v) is 7.75. The second-order valence-electron chi connectivity index (χ2n) is 7.75. The first-order chi connectivity index (χ1) is 13.0. The van der Waals surface area contributed by atoms with Crippen LogP contribution in [0.3, 0.4) is 0 Å². The fraction of sp³-hybridized carbons (Fsp3) is 0.550. The van der Waals surface area contributed by atoms with E-state index >= 15 is 0 Å². The largest absolute Gasteiger partial charge is 0.331 e. The minimum atomic E-state index is -0.149. The molecular weight excluding hydrogens is 342 g/mol. The lowest BCUT2D eigenvalue weighted by Gasteiger charge is -2.27. The summed E-state index contributed by atoms with van der Waals surface area (Å²) < 4.78 is 3.51. The molecule has 1 N–H and O–H groups in total. The number of hydrogen-bond donors (Lipinski definition) is 1. The number of aromatic nitrogens is 3. The minimum Gasteiger partial charge on any atom is -0.331 e. The molecule has 2 aliphatic rings. The summed E-state index contributed by atoms with van der Waals surface area (Å²) in [5.74, 6) is -0.146. The van der Waals surface area contributed by atoms with Crippen LogP contribution in [0.4, 0.5) is 0 Å². The summed E-state index contributed by atoms with van der Waals surface area (Å²) in [7, 11) is 1.87. The smallest absolute Gasteiger partial charge is 0.263 e. The van der Waals surface area contributed by atoms with Gasteiger partial charge in [0.05, 0.1) is 6.20 Å². The molecule has 2 aromatic heterocycles. The quantitative estimate of drug-likeness (QED) is 0.869. The highest BCUT2D eigenvalue weighted by Crippen LogP contribution is 2.30. The number of nitrogens with zero attached hydrogens (tertiary/aromatic N) is 4. The molecule has 1 saturated carbocycles. The fourth-order valence-electron chi connectivity index (χ4n) is 3.92. The van der Waals surface area contributed by atoms with Crippen LogP contribution in [0.15, 0.2) is 29.5 Å². The van der Waals surface area contributed by atoms with Gasteiger partial charge in [-0.2, -0.15) is 5.10 Å². The Balaban J connectivity index is 1.65. The third-order valence-corrected chi connectivity index (χ3v) is 5.60. The highest BCUT2D eigenvalue weighted by Gasteiger charge is 2.35. The summed E-state index contributed by atoms with van der Waals surface area (Å²) in [5, 5.41) is 7.52. The van der Waals surface area contributed by atoms with E-state index in [2.05, 4.69) is 10.4 Å². The lowest BCUT2D eigenvalue weighted by Crippen LogP contribution is -2.40. The summed E-state index contributed by atoms with van der Waals surface area (Å²) in [5.41, 5.74) is 1.92. The molecule has 27 heavy (non-hydrogen) atoms. The first-order valence-corrected chi connectivity index (χ1v) is 9.75. The van der Waals surface area contributed by atoms with Gasteiger partial charge in [-0.05, 0) is 57.3 Å². The third kappa shape index (κ3) is 3.69. The van der Waals surface area contributed by atoms with Gasteiger partial charge in [0, 0.05) is 43.6 Å². The molecule has 1 saturated heterocycles. The van der Waals surface area contributed by atoms with Gasteiger partial charge in [-0.1, -0.05) is 0 Å². The molecule has 4 rings (SSSR count). The van der Waals surface area contributed by atoms with Gasteiger partial charge in [-0.3, -0.25) is 14.3 Å². The van der Waals surface area contributed by atoms with Crippen LogP contribution in [0.25, 0.3) is 0 Å². The Kier molecular flexibility index (Phi) is 4.86. The van der Waals surface area contributed by atoms with E-state index in [1.54, 1.807) is 15.4 Å². The van der Waals surface area contributed by atoms with Crippen molar-refractivity contribution in [3.63, 3.8) is 0 Å². The van der Waals surface area contributed by atoms with Gasteiger partial charge in [0.15, 0.2) is 0 Å². The maximum absolute atomic E-state index is 13.4. The highest BCUT2D eigenvalue weighted by atomic mass is 16.2. The maximum Gasteiger partial charge on any atom is 0.263 e. The molecule has 7 heteroatoms. The molecule has 144 valence electrons. The van der Waals surface area contributed by atoms with E-state index in [0.29, 0.717) is 12.1 Å². The van der Waals surface area contributed by atoms with Gasteiger partial charge in [-0.15, -0.1) is 0 Å². The van der Waals surface area contributed by atoms with E-state index in [1.165, 1.54) is 0 Å². The van der Waals surface area contributed by atoms with Crippen LogP contribution in [0, 0.1) is 6.92 Å². The van der Waals surface area contributed by atoms with Gasteiger partial charge in [0.25, 0.3) is 11.5 Å². The lowest BCUT2D eigenvalue weighted by molar-refractivity contribution is 0.0726. The molecule has 7 nitrogen and oxygen atoms in total. The zero-order chi connectivity index (χ0) is 19.0. The first-order valence-electron chi connectivity index (χ1n) is 9.75. The van der Waals surface area contributed by atoms with Gasteiger partial charge in [0.1, 0.15) is 5.56 Å². The first kappa shape index (κ1) is 18.0. The maximum atomic E-state index is 13.4. The summed E-state index contributed by atoms with van der Waals surface area (Å²) in [4.78, 5) is 28.5. The summed E-state index contributed by atoms with van der Waals surface area (Å²) in [6.07, 6.45) is 9.40. The van der Waals surface area contributed by atoms with Crippen molar-refractivity contribution < 1.29 is 4.79 Å². The fourth-order valence-corrected chi connectivity index (χ4v) is 3.92. The van der Waals surface area contributed by atoms with Crippen LogP contribution in [0.1, 0.15) is 53.2 Å². The number of carbonyl (C=O) groups is 1. The normalized spacial score (nSPS) is 17.9. The van der Waals surface area contributed by atoms with Gasteiger partial charge >= 0.3 is 0 Å². The number of aryl methyl sites for hydroxylation is 2. The number of amides is 1. The standard InChI is InChI=1S/C20H27N5O2/c1-14-7-10-24(17-5-8-21-9-6-17)19(26)18(14)20(27)25(16-3-4-16)13-15-11-22-23(2)12-15/h7,10-12,16-17,21H,3-6,8-9,13H2,1-2H3. The Morgan fingerprint density at radius 1 is 1.30 bits per heavy atom. The lowest BCUT2D eigenvalue weighted by atomic mass is 10.0. The van der Waals surface area contributed by atoms with Gasteiger partial charge in [-0.25, -0.2) is 0 Å². The molecule has 3 heterocycles. The van der Waals surface area contributed by atoms with Crippen LogP contribution in [-0.2, 0) is 13.6 Å². The number of pyridine rings is 1. The average molecular weight is 369 g/mol. The number of piperidine rings is 1. The molecule has 0 radical (unpaired) electrons. The molecule has 1 aliphatic heterocycles. The molecule has 0 aromatic carbocycles. The zero-order valence-electron chi connectivity index (χ0n) is 16.0. The SMILES string of the molecule is Cc1ccn(C2CCNCC2)c(=O)c1C(=O)N(Cc1cnn(C)c1)C1CC1. The minimum absolute atomic E-state index is 0.146. The third-order valence-electron chi connectivity index (χ3n) is 5.60. The molecule has 0 bridgehead atoms. The van der Waals surface area contributed by atoms with E-state index in [1.807, 2.05) is 37.3 Å². The molecule has 1 amide bonds. The Morgan fingerprint density at radius 3 is 2.67 bits per heavy atom. The summed E-state index contributed by atoms with van der Waals surface area (Å²) in [6.45, 7) is 4.17. The molecule has 2 aromatic rings. The van der Waals surface area contributed by atoms with Crippen LogP contribution < -0.4 is 10.9 Å². The van der Waals surface area contributed by atoms with Crippen molar-refractivity contribution in [2.75, 3.05) is 13.1 Å². The number of carbonyl (C=O) groups excluding carboxylic acids is 1. The number of nitrogens with one attached hydrogen (secondary N) is 1. The van der Waals surface area contributed by atoms with Crippen LogP contribution in [-0.4, -0.2) is 44.3 Å². The van der Waals surface area contributed by atoms with Crippen LogP contribution in [0.2, 0.25) is 0 Å². The predicted molar refractivity (Wildman–Crippen MR) is 103 cm³/mol. The molecular formula is C20H27N5O2. The number of hydrogen-bond acceptors (Lipinski definition) is 4. The van der Waals surface area contributed by atoms with Gasteiger partial charge in [0.2, 0.25) is 0 Å². The van der Waals surface area contributed by atoms with Crippen LogP contribution in [0.5, 0.6) is 0 Å². The van der Waals surface area contributed by atoms with Gasteiger partial charge < -0.3 is 14.8 Å². The zero-order valence-corrected chi connectivity index (χ0v) is 16.0. The van der Waals surface area contributed by atoms with E-state index in [4.69, 9.17) is 0 Å². The van der Waals surface area contributed by atoms with Crippen molar-refractivity contribution in [3.8, 4) is 0 Å². The Labute approximate surface area is 159 Å². The monoisotopic (exact) mass is 369 g/mol. The topological polar surface area (TPSA) is 72.2 Å². The predicted octanol–water partition coefficient (Wildman–Crippen LogP) is 1.62. The summed E-state index contributed by atoms with van der Waals surface area (Å²) >= 11 is 0. The van der Waals surface area contributed by atoms with Crippen molar-refractivity contribution in [2.45, 2.75) is 51.2 Å². The van der Waals surface area contributed by atoms with Crippen molar-refractivity contribution in [2.24, 2.45) is 7.05 Å². The van der Waals surface area contributed by atoms with E-state index < -0.39 is 0 Å². The van der Waals surface area contributed by atoms with Crippen molar-refractivity contribution in [3.05, 3.63) is 51.7 Å². The molecule has 0 atom stereocenters. The highest BCUT2D eigenvalue weighted by molar-refractivity contribution is 5.95. The molecule has 0 spiro atoms. The Morgan fingerprint density at radius 2 is 2.04 bits per heavy atom. The molecule has 2 fully saturated rings. The Bertz CT molecular complexity index is 890. The second kappa shape index (κ2) is 7.31. The van der Waals surface area contributed by atoms with E-state index in [0.717, 1.165) is 49.9 Å². The van der Waals surface area contributed by atoms with Crippen molar-refractivity contribution in [1.29, 1.82) is 0 Å². The Hall–Kier alpha value is -2.41. The van der Waals surface area contributed by atoms with E-state index in [9.17, 15) is 9.59 Å². The number of rotatable bonds is 5. The molecule has 0 unspecified atom stereocenters. The average Bonchev–Trinajstić information content (AvgIpc) is 3.42. The van der Waals surface area contributed by atoms with Crippen LogP contribution >= 0.6 is 0 Å². The van der Waals surface area contributed by atoms with E-state index in [-0.39, 0.29) is 23.6 Å². The molecule has 1 aliphatic carbocycles.